The Morgan fingerprint density at radius 1 is 1.17 bits per heavy atom. The third kappa shape index (κ3) is 2.45. The minimum absolute atomic E-state index is 0.763. The van der Waals surface area contributed by atoms with Gasteiger partial charge < -0.3 is 0 Å². The SMILES string of the molecule is C1=CC(CCc2nccc3ccccc23)CCC1. The summed E-state index contributed by atoms with van der Waals surface area (Å²) in [6.45, 7) is 0. The molecule has 0 spiro atoms. The lowest BCUT2D eigenvalue weighted by Gasteiger charge is -2.16. The molecule has 0 saturated heterocycles. The third-order valence-electron chi connectivity index (χ3n) is 3.86. The molecule has 1 unspecified atom stereocenters. The first kappa shape index (κ1) is 11.5. The quantitative estimate of drug-likeness (QED) is 0.715. The molecule has 0 N–H and O–H groups in total. The standard InChI is InChI=1S/C17H19N/c1-2-6-14(7-3-1)10-11-17-16-9-5-4-8-15(16)12-13-18-17/h2,4-6,8-9,12-14H,1,3,7,10-11H2. The van der Waals surface area contributed by atoms with Gasteiger partial charge in [0.2, 0.25) is 0 Å². The minimum Gasteiger partial charge on any atom is -0.261 e. The molecule has 1 aliphatic rings. The monoisotopic (exact) mass is 237 g/mol. The zero-order valence-electron chi connectivity index (χ0n) is 10.7. The van der Waals surface area contributed by atoms with Crippen molar-refractivity contribution in [2.45, 2.75) is 32.1 Å². The summed E-state index contributed by atoms with van der Waals surface area (Å²) in [6, 6.07) is 10.7. The van der Waals surface area contributed by atoms with Crippen molar-refractivity contribution in [3.8, 4) is 0 Å². The normalized spacial score (nSPS) is 19.2. The summed E-state index contributed by atoms with van der Waals surface area (Å²) < 4.78 is 0. The highest BCUT2D eigenvalue weighted by molar-refractivity contribution is 5.84. The van der Waals surface area contributed by atoms with Gasteiger partial charge in [-0.25, -0.2) is 0 Å². The zero-order chi connectivity index (χ0) is 12.2. The number of aryl methyl sites for hydroxylation is 1. The average Bonchev–Trinajstić information content (AvgIpc) is 2.46. The molecule has 0 saturated carbocycles. The van der Waals surface area contributed by atoms with E-state index in [-0.39, 0.29) is 0 Å². The lowest BCUT2D eigenvalue weighted by Crippen LogP contribution is -2.03. The van der Waals surface area contributed by atoms with E-state index in [4.69, 9.17) is 0 Å². The first-order valence-electron chi connectivity index (χ1n) is 6.93. The van der Waals surface area contributed by atoms with Crippen LogP contribution in [-0.4, -0.2) is 4.98 Å². The molecule has 0 bridgehead atoms. The van der Waals surface area contributed by atoms with E-state index in [2.05, 4.69) is 47.5 Å². The number of allylic oxidation sites excluding steroid dienone is 2. The van der Waals surface area contributed by atoms with Gasteiger partial charge in [0.15, 0.2) is 0 Å². The highest BCUT2D eigenvalue weighted by atomic mass is 14.7. The summed E-state index contributed by atoms with van der Waals surface area (Å²) in [6.07, 6.45) is 13.0. The first-order chi connectivity index (χ1) is 8.93. The van der Waals surface area contributed by atoms with Crippen LogP contribution in [0.25, 0.3) is 10.8 Å². The molecule has 1 heterocycles. The fourth-order valence-electron chi connectivity index (χ4n) is 2.83. The van der Waals surface area contributed by atoms with Crippen molar-refractivity contribution >= 4 is 10.8 Å². The highest BCUT2D eigenvalue weighted by Gasteiger charge is 2.10. The van der Waals surface area contributed by atoms with Crippen molar-refractivity contribution < 1.29 is 0 Å². The van der Waals surface area contributed by atoms with Crippen LogP contribution in [0.5, 0.6) is 0 Å². The Bertz CT molecular complexity index is 551. The molecule has 1 atom stereocenters. The maximum atomic E-state index is 4.57. The van der Waals surface area contributed by atoms with Crippen molar-refractivity contribution in [1.82, 2.24) is 4.98 Å². The predicted molar refractivity (Wildman–Crippen MR) is 76.5 cm³/mol. The summed E-state index contributed by atoms with van der Waals surface area (Å²) in [5.41, 5.74) is 1.26. The van der Waals surface area contributed by atoms with Crippen LogP contribution in [0.1, 0.15) is 31.4 Å². The Hall–Kier alpha value is -1.63. The second kappa shape index (κ2) is 5.34. The van der Waals surface area contributed by atoms with Gasteiger partial charge in [-0.1, -0.05) is 36.4 Å². The molecule has 1 aromatic heterocycles. The number of benzene rings is 1. The molecule has 1 heteroatoms. The predicted octanol–water partition coefficient (Wildman–Crippen LogP) is 4.52. The number of nitrogens with zero attached hydrogens (tertiary/aromatic N) is 1. The molecule has 0 radical (unpaired) electrons. The second-order valence-electron chi connectivity index (χ2n) is 5.14. The van der Waals surface area contributed by atoms with Crippen LogP contribution in [0.2, 0.25) is 0 Å². The van der Waals surface area contributed by atoms with Crippen molar-refractivity contribution in [1.29, 1.82) is 0 Å². The van der Waals surface area contributed by atoms with E-state index >= 15 is 0 Å². The zero-order valence-corrected chi connectivity index (χ0v) is 10.7. The molecular weight excluding hydrogens is 218 g/mol. The first-order valence-corrected chi connectivity index (χ1v) is 6.93. The summed E-state index contributed by atoms with van der Waals surface area (Å²) in [5, 5.41) is 2.63. The number of hydrogen-bond acceptors (Lipinski definition) is 1. The Labute approximate surface area is 109 Å². The van der Waals surface area contributed by atoms with Crippen LogP contribution in [0.15, 0.2) is 48.7 Å². The Morgan fingerprint density at radius 3 is 3.00 bits per heavy atom. The minimum atomic E-state index is 0.763. The van der Waals surface area contributed by atoms with E-state index in [9.17, 15) is 0 Å². The third-order valence-corrected chi connectivity index (χ3v) is 3.86. The van der Waals surface area contributed by atoms with Gasteiger partial charge in [0, 0.05) is 17.3 Å². The maximum Gasteiger partial charge on any atom is 0.0482 e. The number of hydrogen-bond donors (Lipinski definition) is 0. The summed E-state index contributed by atoms with van der Waals surface area (Å²) >= 11 is 0. The fourth-order valence-corrected chi connectivity index (χ4v) is 2.83. The fraction of sp³-hybridized carbons (Fsp3) is 0.353. The summed E-state index contributed by atoms with van der Waals surface area (Å²) in [7, 11) is 0. The number of aromatic nitrogens is 1. The Kier molecular flexibility index (Phi) is 3.40. The van der Waals surface area contributed by atoms with Crippen molar-refractivity contribution in [2.75, 3.05) is 0 Å². The molecule has 1 aromatic carbocycles. The van der Waals surface area contributed by atoms with Crippen molar-refractivity contribution in [3.63, 3.8) is 0 Å². The Balaban J connectivity index is 1.78. The van der Waals surface area contributed by atoms with Crippen LogP contribution < -0.4 is 0 Å². The van der Waals surface area contributed by atoms with Gasteiger partial charge in [-0.3, -0.25) is 4.98 Å². The van der Waals surface area contributed by atoms with Gasteiger partial charge in [-0.05, 0) is 49.5 Å². The average molecular weight is 237 g/mol. The molecule has 1 aliphatic carbocycles. The van der Waals surface area contributed by atoms with Crippen LogP contribution in [0, 0.1) is 5.92 Å². The van der Waals surface area contributed by atoms with Crippen LogP contribution in [-0.2, 0) is 6.42 Å². The molecule has 92 valence electrons. The summed E-state index contributed by atoms with van der Waals surface area (Å²) in [4.78, 5) is 4.57. The molecule has 1 nitrogen and oxygen atoms in total. The van der Waals surface area contributed by atoms with Gasteiger partial charge in [0.25, 0.3) is 0 Å². The molecule has 0 amide bonds. The van der Waals surface area contributed by atoms with Crippen LogP contribution in [0.4, 0.5) is 0 Å². The van der Waals surface area contributed by atoms with Gasteiger partial charge in [0.1, 0.15) is 0 Å². The van der Waals surface area contributed by atoms with E-state index in [1.54, 1.807) is 0 Å². The van der Waals surface area contributed by atoms with E-state index in [1.165, 1.54) is 42.1 Å². The number of rotatable bonds is 3. The molecule has 2 aromatic rings. The molecule has 18 heavy (non-hydrogen) atoms. The highest BCUT2D eigenvalue weighted by Crippen LogP contribution is 2.24. The number of fused-ring (bicyclic) bond motifs is 1. The summed E-state index contributed by atoms with van der Waals surface area (Å²) in [5.74, 6) is 0.763. The van der Waals surface area contributed by atoms with E-state index in [0.29, 0.717) is 0 Å². The smallest absolute Gasteiger partial charge is 0.0482 e. The van der Waals surface area contributed by atoms with Crippen LogP contribution >= 0.6 is 0 Å². The molecule has 0 aliphatic heterocycles. The van der Waals surface area contributed by atoms with Crippen molar-refractivity contribution in [2.24, 2.45) is 5.92 Å². The van der Waals surface area contributed by atoms with Gasteiger partial charge in [0.05, 0.1) is 0 Å². The van der Waals surface area contributed by atoms with Crippen molar-refractivity contribution in [3.05, 3.63) is 54.4 Å². The maximum absolute atomic E-state index is 4.57. The van der Waals surface area contributed by atoms with Gasteiger partial charge >= 0.3 is 0 Å². The molecule has 3 rings (SSSR count). The van der Waals surface area contributed by atoms with E-state index in [0.717, 1.165) is 12.3 Å². The van der Waals surface area contributed by atoms with Crippen LogP contribution in [0.3, 0.4) is 0 Å². The largest absolute Gasteiger partial charge is 0.261 e. The molecular formula is C17H19N. The lowest BCUT2D eigenvalue weighted by molar-refractivity contribution is 0.504. The van der Waals surface area contributed by atoms with E-state index in [1.807, 2.05) is 6.20 Å². The van der Waals surface area contributed by atoms with E-state index < -0.39 is 0 Å². The van der Waals surface area contributed by atoms with Gasteiger partial charge in [-0.2, -0.15) is 0 Å². The Morgan fingerprint density at radius 2 is 2.11 bits per heavy atom. The second-order valence-corrected chi connectivity index (χ2v) is 5.14. The topological polar surface area (TPSA) is 12.9 Å². The molecule has 0 fully saturated rings. The lowest BCUT2D eigenvalue weighted by atomic mass is 9.91. The van der Waals surface area contributed by atoms with Gasteiger partial charge in [-0.15, -0.1) is 0 Å². The number of pyridine rings is 1.